The Morgan fingerprint density at radius 3 is 0.839 bits per heavy atom. The molecule has 0 aliphatic carbocycles. The van der Waals surface area contributed by atoms with Crippen molar-refractivity contribution in [2.24, 2.45) is 0 Å². The summed E-state index contributed by atoms with van der Waals surface area (Å²) in [5, 5.41) is 34.7. The molecule has 8 aromatic rings. The summed E-state index contributed by atoms with van der Waals surface area (Å²) >= 11 is 0. The topological polar surface area (TPSA) is 40.5 Å². The van der Waals surface area contributed by atoms with Crippen molar-refractivity contribution in [3.05, 3.63) is 178 Å². The van der Waals surface area contributed by atoms with Crippen molar-refractivity contribution >= 4 is 69.2 Å². The SMILES string of the molecule is Cc1cccc(C)c1P(c1ccc2ccc(O)cc2c1-c1c(P(c2c(C)cccc2C)c2c(C)cccc2C)ccc2ccc(O)cc12)c1c(C)cccc1C. The zero-order valence-electron chi connectivity index (χ0n) is 33.5. The van der Waals surface area contributed by atoms with Crippen LogP contribution in [0.15, 0.2) is 133 Å². The fourth-order valence-electron chi connectivity index (χ4n) is 8.83. The molecule has 0 bridgehead atoms. The molecule has 56 heavy (non-hydrogen) atoms. The molecular weight excluding hydrogens is 719 g/mol. The summed E-state index contributed by atoms with van der Waals surface area (Å²) in [6.45, 7) is 18.0. The molecule has 0 aliphatic heterocycles. The lowest BCUT2D eigenvalue weighted by atomic mass is 9.93. The van der Waals surface area contributed by atoms with Crippen molar-refractivity contribution in [2.45, 2.75) is 55.4 Å². The zero-order valence-corrected chi connectivity index (χ0v) is 35.3. The van der Waals surface area contributed by atoms with Crippen LogP contribution < -0.4 is 31.8 Å². The van der Waals surface area contributed by atoms with Crippen LogP contribution in [0.25, 0.3) is 32.7 Å². The van der Waals surface area contributed by atoms with Crippen molar-refractivity contribution < 1.29 is 10.2 Å². The molecule has 0 saturated carbocycles. The molecule has 8 rings (SSSR count). The van der Waals surface area contributed by atoms with Crippen LogP contribution in [0.5, 0.6) is 11.5 Å². The van der Waals surface area contributed by atoms with Crippen LogP contribution in [-0.4, -0.2) is 10.2 Å². The molecule has 0 aromatic heterocycles. The Labute approximate surface area is 334 Å². The van der Waals surface area contributed by atoms with Gasteiger partial charge in [0, 0.05) is 0 Å². The summed E-state index contributed by atoms with van der Waals surface area (Å²) in [7, 11) is -2.24. The van der Waals surface area contributed by atoms with Crippen LogP contribution in [0.4, 0.5) is 0 Å². The number of aromatic hydroxyl groups is 2. The lowest BCUT2D eigenvalue weighted by Crippen LogP contribution is -2.31. The van der Waals surface area contributed by atoms with Gasteiger partial charge in [0.2, 0.25) is 0 Å². The summed E-state index contributed by atoms with van der Waals surface area (Å²) in [4.78, 5) is 0. The number of fused-ring (bicyclic) bond motifs is 2. The van der Waals surface area contributed by atoms with E-state index in [2.05, 4.69) is 152 Å². The maximum Gasteiger partial charge on any atom is 0.116 e. The summed E-state index contributed by atoms with van der Waals surface area (Å²) in [6, 6.07) is 47.5. The Morgan fingerprint density at radius 2 is 0.571 bits per heavy atom. The van der Waals surface area contributed by atoms with Crippen LogP contribution in [-0.2, 0) is 0 Å². The maximum atomic E-state index is 11.3. The summed E-state index contributed by atoms with van der Waals surface area (Å²) in [5.74, 6) is 0.464. The van der Waals surface area contributed by atoms with Crippen LogP contribution in [0.3, 0.4) is 0 Å². The molecule has 8 aromatic carbocycles. The second kappa shape index (κ2) is 15.0. The van der Waals surface area contributed by atoms with E-state index >= 15 is 0 Å². The van der Waals surface area contributed by atoms with Gasteiger partial charge in [-0.3, -0.25) is 0 Å². The normalized spacial score (nSPS) is 11.7. The highest BCUT2D eigenvalue weighted by Gasteiger charge is 2.32. The highest BCUT2D eigenvalue weighted by Crippen LogP contribution is 2.49. The van der Waals surface area contributed by atoms with Crippen molar-refractivity contribution in [1.82, 2.24) is 0 Å². The third-order valence-corrected chi connectivity index (χ3v) is 17.7. The van der Waals surface area contributed by atoms with Gasteiger partial charge in [0.1, 0.15) is 11.5 Å². The molecule has 0 radical (unpaired) electrons. The summed E-state index contributed by atoms with van der Waals surface area (Å²) < 4.78 is 0. The van der Waals surface area contributed by atoms with E-state index in [1.807, 2.05) is 24.3 Å². The molecular formula is C52H48O2P2. The monoisotopic (exact) mass is 766 g/mol. The third kappa shape index (κ3) is 6.50. The highest BCUT2D eigenvalue weighted by molar-refractivity contribution is 7.81. The number of phenolic OH excluding ortho intramolecular Hbond substituents is 2. The van der Waals surface area contributed by atoms with Gasteiger partial charge in [0.05, 0.1) is 0 Å². The smallest absolute Gasteiger partial charge is 0.116 e. The summed E-state index contributed by atoms with van der Waals surface area (Å²) in [6.07, 6.45) is 0. The van der Waals surface area contributed by atoms with Crippen molar-refractivity contribution in [1.29, 1.82) is 0 Å². The molecule has 2 nitrogen and oxygen atoms in total. The van der Waals surface area contributed by atoms with E-state index in [4.69, 9.17) is 0 Å². The second-order valence-corrected chi connectivity index (χ2v) is 19.5. The summed E-state index contributed by atoms with van der Waals surface area (Å²) in [5.41, 5.74) is 12.4. The van der Waals surface area contributed by atoms with Gasteiger partial charge in [-0.25, -0.2) is 0 Å². The van der Waals surface area contributed by atoms with Crippen LogP contribution in [0, 0.1) is 55.4 Å². The Morgan fingerprint density at radius 1 is 0.321 bits per heavy atom. The number of aryl methyl sites for hydroxylation is 8. The molecule has 0 unspecified atom stereocenters. The highest BCUT2D eigenvalue weighted by atomic mass is 31.1. The Bertz CT molecular complexity index is 2460. The molecule has 0 aliphatic rings. The first-order valence-corrected chi connectivity index (χ1v) is 22.0. The van der Waals surface area contributed by atoms with Gasteiger partial charge in [-0.05, 0) is 205 Å². The first kappa shape index (κ1) is 37.7. The van der Waals surface area contributed by atoms with E-state index in [1.165, 1.54) is 76.3 Å². The lowest BCUT2D eigenvalue weighted by Gasteiger charge is -2.32. The number of hydrogen-bond donors (Lipinski definition) is 2. The van der Waals surface area contributed by atoms with Crippen molar-refractivity contribution in [3.8, 4) is 22.6 Å². The molecule has 0 amide bonds. The van der Waals surface area contributed by atoms with Gasteiger partial charge < -0.3 is 10.2 Å². The molecule has 0 atom stereocenters. The maximum absolute atomic E-state index is 11.3. The predicted molar refractivity (Wildman–Crippen MR) is 246 cm³/mol. The molecule has 4 heteroatoms. The molecule has 0 saturated heterocycles. The Hall–Kier alpha value is -5.26. The minimum absolute atomic E-state index is 0.232. The van der Waals surface area contributed by atoms with E-state index < -0.39 is 15.8 Å². The Balaban J connectivity index is 1.64. The van der Waals surface area contributed by atoms with E-state index in [0.717, 1.165) is 32.7 Å². The van der Waals surface area contributed by atoms with Gasteiger partial charge in [0.15, 0.2) is 0 Å². The number of benzene rings is 8. The Kier molecular flexibility index (Phi) is 10.1. The average Bonchev–Trinajstić information content (AvgIpc) is 3.15. The molecule has 278 valence electrons. The quantitative estimate of drug-likeness (QED) is 0.159. The van der Waals surface area contributed by atoms with E-state index in [9.17, 15) is 10.2 Å². The lowest BCUT2D eigenvalue weighted by molar-refractivity contribution is 0.475. The molecule has 2 N–H and O–H groups in total. The second-order valence-electron chi connectivity index (χ2n) is 15.4. The fraction of sp³-hybridized carbons (Fsp3) is 0.154. The first-order chi connectivity index (χ1) is 26.9. The van der Waals surface area contributed by atoms with Gasteiger partial charge in [-0.15, -0.1) is 0 Å². The number of hydrogen-bond acceptors (Lipinski definition) is 2. The van der Waals surface area contributed by atoms with Crippen LogP contribution >= 0.6 is 15.8 Å². The number of rotatable bonds is 7. The standard InChI is InChI=1S/C52H48O2P2/c1-31-13-9-14-32(2)49(31)55(50-33(3)15-10-16-34(50)4)45-27-23-39-21-25-41(53)29-43(39)47(45)48-44-30-42(54)26-22-40(44)24-28-46(48)56(51-35(5)17-11-18-36(51)6)52-37(7)19-12-20-38(52)8/h9-30,53-54H,1-8H3. The minimum atomic E-state index is -1.12. The van der Waals surface area contributed by atoms with E-state index in [0.29, 0.717) is 0 Å². The van der Waals surface area contributed by atoms with E-state index in [-0.39, 0.29) is 11.5 Å². The average molecular weight is 767 g/mol. The molecule has 0 fully saturated rings. The fourth-order valence-corrected chi connectivity index (χ4v) is 15.0. The van der Waals surface area contributed by atoms with Gasteiger partial charge in [0.25, 0.3) is 0 Å². The first-order valence-electron chi connectivity index (χ1n) is 19.3. The molecule has 0 spiro atoms. The zero-order chi connectivity index (χ0) is 39.4. The molecule has 0 heterocycles. The van der Waals surface area contributed by atoms with Gasteiger partial charge >= 0.3 is 0 Å². The van der Waals surface area contributed by atoms with Crippen LogP contribution in [0.1, 0.15) is 44.5 Å². The largest absolute Gasteiger partial charge is 0.508 e. The van der Waals surface area contributed by atoms with Crippen LogP contribution in [0.2, 0.25) is 0 Å². The van der Waals surface area contributed by atoms with Crippen molar-refractivity contribution in [2.75, 3.05) is 0 Å². The van der Waals surface area contributed by atoms with Gasteiger partial charge in [-0.2, -0.15) is 0 Å². The minimum Gasteiger partial charge on any atom is -0.508 e. The number of phenols is 2. The van der Waals surface area contributed by atoms with Gasteiger partial charge in [-0.1, -0.05) is 109 Å². The third-order valence-electron chi connectivity index (χ3n) is 11.4. The predicted octanol–water partition coefficient (Wildman–Crippen LogP) is 11.1. The van der Waals surface area contributed by atoms with Crippen molar-refractivity contribution in [3.63, 3.8) is 0 Å². The van der Waals surface area contributed by atoms with E-state index in [1.54, 1.807) is 12.1 Å².